The summed E-state index contributed by atoms with van der Waals surface area (Å²) in [4.78, 5) is 11.5. The lowest BCUT2D eigenvalue weighted by molar-refractivity contribution is -0.000686. The molecule has 0 atom stereocenters. The van der Waals surface area contributed by atoms with E-state index in [-0.39, 0.29) is 5.97 Å². The van der Waals surface area contributed by atoms with Crippen LogP contribution in [-0.4, -0.2) is 17.7 Å². The van der Waals surface area contributed by atoms with Gasteiger partial charge in [0.2, 0.25) is 0 Å². The summed E-state index contributed by atoms with van der Waals surface area (Å²) < 4.78 is 4.94. The summed E-state index contributed by atoms with van der Waals surface area (Å²) in [6, 6.07) is 7.16. The molecular formula is C15H20O3. The van der Waals surface area contributed by atoms with Gasteiger partial charge in [0.15, 0.2) is 0 Å². The van der Waals surface area contributed by atoms with E-state index in [0.717, 1.165) is 31.2 Å². The minimum atomic E-state index is -0.703. The van der Waals surface area contributed by atoms with Gasteiger partial charge in [-0.15, -0.1) is 0 Å². The summed E-state index contributed by atoms with van der Waals surface area (Å²) >= 11 is 0. The molecule has 3 nitrogen and oxygen atoms in total. The van der Waals surface area contributed by atoms with E-state index in [0.29, 0.717) is 12.2 Å². The van der Waals surface area contributed by atoms with E-state index in [1.54, 1.807) is 19.1 Å². The molecule has 3 heteroatoms. The molecule has 98 valence electrons. The molecule has 0 radical (unpaired) electrons. The van der Waals surface area contributed by atoms with Crippen molar-refractivity contribution < 1.29 is 14.6 Å². The Kier molecular flexibility index (Phi) is 4.02. The van der Waals surface area contributed by atoms with Crippen LogP contribution in [-0.2, 0) is 10.3 Å². The second-order valence-corrected chi connectivity index (χ2v) is 4.89. The maximum Gasteiger partial charge on any atom is 0.338 e. The largest absolute Gasteiger partial charge is 0.462 e. The molecule has 0 saturated heterocycles. The van der Waals surface area contributed by atoms with Gasteiger partial charge in [0.05, 0.1) is 17.8 Å². The van der Waals surface area contributed by atoms with Crippen molar-refractivity contribution in [3.63, 3.8) is 0 Å². The standard InChI is InChI=1S/C15H20O3/c1-2-18-14(16)12-6-8-13(9-7-12)15(17)10-4-3-5-11-15/h6-9,17H,2-5,10-11H2,1H3. The fourth-order valence-electron chi connectivity index (χ4n) is 2.56. The Morgan fingerprint density at radius 2 is 1.83 bits per heavy atom. The molecule has 2 rings (SSSR count). The molecule has 1 aliphatic rings. The summed E-state index contributed by atoms with van der Waals surface area (Å²) in [5.41, 5.74) is 0.751. The summed E-state index contributed by atoms with van der Waals surface area (Å²) in [5, 5.41) is 10.6. The van der Waals surface area contributed by atoms with Crippen molar-refractivity contribution in [3.8, 4) is 0 Å². The van der Waals surface area contributed by atoms with E-state index >= 15 is 0 Å². The van der Waals surface area contributed by atoms with Crippen LogP contribution < -0.4 is 0 Å². The van der Waals surface area contributed by atoms with Gasteiger partial charge in [-0.3, -0.25) is 0 Å². The van der Waals surface area contributed by atoms with Crippen molar-refractivity contribution in [2.75, 3.05) is 6.61 Å². The van der Waals surface area contributed by atoms with Crippen LogP contribution in [0.5, 0.6) is 0 Å². The van der Waals surface area contributed by atoms with Crippen LogP contribution in [0.15, 0.2) is 24.3 Å². The number of ether oxygens (including phenoxy) is 1. The fourth-order valence-corrected chi connectivity index (χ4v) is 2.56. The molecular weight excluding hydrogens is 228 g/mol. The van der Waals surface area contributed by atoms with E-state index in [2.05, 4.69) is 0 Å². The van der Waals surface area contributed by atoms with Crippen LogP contribution in [0.1, 0.15) is 54.9 Å². The van der Waals surface area contributed by atoms with Crippen molar-refractivity contribution in [1.29, 1.82) is 0 Å². The number of rotatable bonds is 3. The highest BCUT2D eigenvalue weighted by Gasteiger charge is 2.30. The SMILES string of the molecule is CCOC(=O)c1ccc(C2(O)CCCCC2)cc1. The van der Waals surface area contributed by atoms with Crippen LogP contribution in [0.4, 0.5) is 0 Å². The number of carbonyl (C=O) groups is 1. The molecule has 1 aromatic rings. The van der Waals surface area contributed by atoms with Crippen LogP contribution >= 0.6 is 0 Å². The zero-order chi connectivity index (χ0) is 13.0. The molecule has 0 heterocycles. The van der Waals surface area contributed by atoms with E-state index < -0.39 is 5.60 Å². The molecule has 0 aliphatic heterocycles. The Hall–Kier alpha value is -1.35. The van der Waals surface area contributed by atoms with Crippen molar-refractivity contribution in [3.05, 3.63) is 35.4 Å². The first-order valence-electron chi connectivity index (χ1n) is 6.66. The molecule has 0 bridgehead atoms. The molecule has 1 aromatic carbocycles. The smallest absolute Gasteiger partial charge is 0.338 e. The van der Waals surface area contributed by atoms with Crippen LogP contribution in [0, 0.1) is 0 Å². The van der Waals surface area contributed by atoms with Gasteiger partial charge in [-0.05, 0) is 37.5 Å². The van der Waals surface area contributed by atoms with Crippen molar-refractivity contribution >= 4 is 5.97 Å². The zero-order valence-corrected chi connectivity index (χ0v) is 10.8. The molecule has 1 N–H and O–H groups in total. The van der Waals surface area contributed by atoms with Gasteiger partial charge >= 0.3 is 5.97 Å². The Balaban J connectivity index is 2.14. The average molecular weight is 248 g/mol. The lowest BCUT2D eigenvalue weighted by Crippen LogP contribution is -2.28. The molecule has 18 heavy (non-hydrogen) atoms. The van der Waals surface area contributed by atoms with Crippen molar-refractivity contribution in [2.24, 2.45) is 0 Å². The lowest BCUT2D eigenvalue weighted by atomic mass is 9.79. The zero-order valence-electron chi connectivity index (χ0n) is 10.8. The van der Waals surface area contributed by atoms with E-state index in [1.807, 2.05) is 12.1 Å². The third kappa shape index (κ3) is 2.72. The maximum atomic E-state index is 11.5. The summed E-state index contributed by atoms with van der Waals surface area (Å²) in [6.07, 6.45) is 4.95. The summed E-state index contributed by atoms with van der Waals surface area (Å²) in [5.74, 6) is -0.306. The van der Waals surface area contributed by atoms with Gasteiger partial charge in [0, 0.05) is 0 Å². The monoisotopic (exact) mass is 248 g/mol. The molecule has 0 amide bonds. The topological polar surface area (TPSA) is 46.5 Å². The highest BCUT2D eigenvalue weighted by atomic mass is 16.5. The first-order valence-corrected chi connectivity index (χ1v) is 6.66. The number of carbonyl (C=O) groups excluding carboxylic acids is 1. The number of hydrogen-bond donors (Lipinski definition) is 1. The van der Waals surface area contributed by atoms with E-state index in [1.165, 1.54) is 6.42 Å². The number of hydrogen-bond acceptors (Lipinski definition) is 3. The predicted octanol–water partition coefficient (Wildman–Crippen LogP) is 3.02. The van der Waals surface area contributed by atoms with Gasteiger partial charge in [-0.1, -0.05) is 31.4 Å². The summed E-state index contributed by atoms with van der Waals surface area (Å²) in [7, 11) is 0. The van der Waals surface area contributed by atoms with Gasteiger partial charge in [-0.2, -0.15) is 0 Å². The Bertz CT molecular complexity index is 402. The average Bonchev–Trinajstić information content (AvgIpc) is 2.40. The first kappa shape index (κ1) is 13.1. The number of esters is 1. The third-order valence-electron chi connectivity index (χ3n) is 3.61. The second-order valence-electron chi connectivity index (χ2n) is 4.89. The van der Waals surface area contributed by atoms with Gasteiger partial charge in [0.1, 0.15) is 0 Å². The fraction of sp³-hybridized carbons (Fsp3) is 0.533. The molecule has 0 aromatic heterocycles. The highest BCUT2D eigenvalue weighted by Crippen LogP contribution is 2.36. The Morgan fingerprint density at radius 3 is 2.39 bits per heavy atom. The Labute approximate surface area is 108 Å². The third-order valence-corrected chi connectivity index (χ3v) is 3.61. The molecule has 0 unspecified atom stereocenters. The normalized spacial score (nSPS) is 18.3. The van der Waals surface area contributed by atoms with E-state index in [4.69, 9.17) is 4.74 Å². The minimum Gasteiger partial charge on any atom is -0.462 e. The van der Waals surface area contributed by atoms with Gasteiger partial charge in [0.25, 0.3) is 0 Å². The lowest BCUT2D eigenvalue weighted by Gasteiger charge is -2.32. The Morgan fingerprint density at radius 1 is 1.22 bits per heavy atom. The van der Waals surface area contributed by atoms with Gasteiger partial charge in [-0.25, -0.2) is 4.79 Å². The number of benzene rings is 1. The number of aliphatic hydroxyl groups is 1. The molecule has 1 fully saturated rings. The molecule has 0 spiro atoms. The second kappa shape index (κ2) is 5.53. The van der Waals surface area contributed by atoms with Crippen molar-refractivity contribution in [1.82, 2.24) is 0 Å². The quantitative estimate of drug-likeness (QED) is 0.836. The summed E-state index contributed by atoms with van der Waals surface area (Å²) in [6.45, 7) is 2.17. The molecule has 1 aliphatic carbocycles. The predicted molar refractivity (Wildman–Crippen MR) is 69.4 cm³/mol. The maximum absolute atomic E-state index is 11.5. The van der Waals surface area contributed by atoms with Crippen LogP contribution in [0.3, 0.4) is 0 Å². The van der Waals surface area contributed by atoms with Crippen LogP contribution in [0.2, 0.25) is 0 Å². The van der Waals surface area contributed by atoms with Gasteiger partial charge < -0.3 is 9.84 Å². The molecule has 1 saturated carbocycles. The first-order chi connectivity index (χ1) is 8.65. The van der Waals surface area contributed by atoms with Crippen molar-refractivity contribution in [2.45, 2.75) is 44.6 Å². The highest BCUT2D eigenvalue weighted by molar-refractivity contribution is 5.89. The minimum absolute atomic E-state index is 0.306. The van der Waals surface area contributed by atoms with E-state index in [9.17, 15) is 9.90 Å². The van der Waals surface area contributed by atoms with Crippen LogP contribution in [0.25, 0.3) is 0 Å².